The minimum atomic E-state index is -1.88. The summed E-state index contributed by atoms with van der Waals surface area (Å²) in [5, 5.41) is 12.3. The second-order valence-corrected chi connectivity index (χ2v) is 10.0. The van der Waals surface area contributed by atoms with Crippen molar-refractivity contribution in [2.24, 2.45) is 0 Å². The normalized spacial score (nSPS) is 22.3. The lowest BCUT2D eigenvalue weighted by Gasteiger charge is -2.30. The Morgan fingerprint density at radius 2 is 1.39 bits per heavy atom. The van der Waals surface area contributed by atoms with Gasteiger partial charge in [-0.25, -0.2) is 9.97 Å². The summed E-state index contributed by atoms with van der Waals surface area (Å²) in [7, 11) is 0. The molecular weight excluding hydrogens is 520 g/mol. The SMILES string of the molecule is Nc1ncnc2cc([C@]3(O)O[C@H](COCc4ccccc4)[C@@H](OCc4ccccc4)[C@H]3OCc3ccccc3)cn12. The molecule has 210 valence electrons. The number of aromatic nitrogens is 3. The summed E-state index contributed by atoms with van der Waals surface area (Å²) in [5.41, 5.74) is 10.0. The molecule has 1 aliphatic rings. The van der Waals surface area contributed by atoms with Gasteiger partial charge >= 0.3 is 0 Å². The first kappa shape index (κ1) is 27.1. The number of fused-ring (bicyclic) bond motifs is 1. The van der Waals surface area contributed by atoms with E-state index in [2.05, 4.69) is 9.97 Å². The molecule has 0 saturated carbocycles. The highest BCUT2D eigenvalue weighted by Crippen LogP contribution is 2.42. The molecule has 1 aliphatic heterocycles. The highest BCUT2D eigenvalue weighted by atomic mass is 16.7. The van der Waals surface area contributed by atoms with Crippen molar-refractivity contribution in [3.63, 3.8) is 0 Å². The van der Waals surface area contributed by atoms with Gasteiger partial charge in [-0.1, -0.05) is 91.0 Å². The lowest BCUT2D eigenvalue weighted by atomic mass is 9.99. The number of hydrogen-bond acceptors (Lipinski definition) is 8. The summed E-state index contributed by atoms with van der Waals surface area (Å²) in [6.45, 7) is 1.12. The maximum Gasteiger partial charge on any atom is 0.224 e. The van der Waals surface area contributed by atoms with Crippen LogP contribution in [0.2, 0.25) is 0 Å². The summed E-state index contributed by atoms with van der Waals surface area (Å²) in [5.74, 6) is -1.64. The molecule has 0 unspecified atom stereocenters. The molecule has 1 saturated heterocycles. The van der Waals surface area contributed by atoms with E-state index in [0.29, 0.717) is 24.4 Å². The van der Waals surface area contributed by atoms with Crippen LogP contribution >= 0.6 is 0 Å². The first-order valence-electron chi connectivity index (χ1n) is 13.5. The summed E-state index contributed by atoms with van der Waals surface area (Å²) >= 11 is 0. The van der Waals surface area contributed by atoms with Crippen LogP contribution in [0.4, 0.5) is 5.95 Å². The third-order valence-electron chi connectivity index (χ3n) is 7.17. The van der Waals surface area contributed by atoms with E-state index in [1.54, 1.807) is 16.7 Å². The van der Waals surface area contributed by atoms with Crippen LogP contribution in [0.25, 0.3) is 5.65 Å². The van der Waals surface area contributed by atoms with Gasteiger partial charge in [-0.3, -0.25) is 4.40 Å². The van der Waals surface area contributed by atoms with E-state index in [-0.39, 0.29) is 19.2 Å². The average Bonchev–Trinajstić information content (AvgIpc) is 3.57. The Morgan fingerprint density at radius 1 is 0.805 bits per heavy atom. The second-order valence-electron chi connectivity index (χ2n) is 10.0. The molecule has 1 fully saturated rings. The van der Waals surface area contributed by atoms with Crippen LogP contribution in [0, 0.1) is 0 Å². The van der Waals surface area contributed by atoms with Gasteiger partial charge in [0, 0.05) is 11.8 Å². The number of aliphatic hydroxyl groups is 1. The van der Waals surface area contributed by atoms with E-state index in [0.717, 1.165) is 16.7 Å². The predicted molar refractivity (Wildman–Crippen MR) is 152 cm³/mol. The lowest BCUT2D eigenvalue weighted by Crippen LogP contribution is -2.44. The molecule has 0 radical (unpaired) electrons. The maximum absolute atomic E-state index is 12.3. The third kappa shape index (κ3) is 6.00. The molecule has 0 bridgehead atoms. The van der Waals surface area contributed by atoms with Gasteiger partial charge in [-0.05, 0) is 22.8 Å². The van der Waals surface area contributed by atoms with Crippen LogP contribution in [0.3, 0.4) is 0 Å². The van der Waals surface area contributed by atoms with Gasteiger partial charge in [-0.15, -0.1) is 0 Å². The van der Waals surface area contributed by atoms with Gasteiger partial charge in [0.05, 0.1) is 26.4 Å². The molecule has 0 amide bonds. The summed E-state index contributed by atoms with van der Waals surface area (Å²) in [4.78, 5) is 8.35. The molecule has 6 rings (SSSR count). The first-order valence-corrected chi connectivity index (χ1v) is 13.5. The van der Waals surface area contributed by atoms with Gasteiger partial charge in [0.15, 0.2) is 0 Å². The molecule has 3 heterocycles. The number of anilines is 1. The van der Waals surface area contributed by atoms with Gasteiger partial charge in [-0.2, -0.15) is 0 Å². The Hall–Kier alpha value is -4.12. The van der Waals surface area contributed by atoms with Crippen molar-refractivity contribution >= 4 is 11.6 Å². The van der Waals surface area contributed by atoms with Crippen LogP contribution in [-0.4, -0.2) is 44.4 Å². The zero-order valence-corrected chi connectivity index (χ0v) is 22.5. The van der Waals surface area contributed by atoms with Gasteiger partial charge in [0.1, 0.15) is 30.3 Å². The molecule has 9 nitrogen and oxygen atoms in total. The minimum absolute atomic E-state index is 0.178. The molecule has 9 heteroatoms. The number of rotatable bonds is 11. The van der Waals surface area contributed by atoms with Crippen molar-refractivity contribution in [2.45, 2.75) is 43.9 Å². The highest BCUT2D eigenvalue weighted by Gasteiger charge is 2.57. The van der Waals surface area contributed by atoms with Gasteiger partial charge in [0.2, 0.25) is 11.7 Å². The summed E-state index contributed by atoms with van der Waals surface area (Å²) in [6, 6.07) is 31.3. The molecular formula is C32H32N4O5. The van der Waals surface area contributed by atoms with Gasteiger partial charge in [0.25, 0.3) is 0 Å². The Kier molecular flexibility index (Phi) is 8.04. The first-order chi connectivity index (χ1) is 20.1. The van der Waals surface area contributed by atoms with E-state index in [1.165, 1.54) is 6.33 Å². The monoisotopic (exact) mass is 552 g/mol. The second kappa shape index (κ2) is 12.2. The van der Waals surface area contributed by atoms with Crippen molar-refractivity contribution < 1.29 is 24.1 Å². The number of nitrogens with zero attached hydrogens (tertiary/aromatic N) is 3. The molecule has 41 heavy (non-hydrogen) atoms. The number of nitrogens with two attached hydrogens (primary N) is 1. The lowest BCUT2D eigenvalue weighted by molar-refractivity contribution is -0.253. The van der Waals surface area contributed by atoms with Crippen LogP contribution in [0.5, 0.6) is 0 Å². The quantitative estimate of drug-likeness (QED) is 0.250. The fourth-order valence-corrected chi connectivity index (χ4v) is 5.08. The van der Waals surface area contributed by atoms with E-state index in [4.69, 9.17) is 24.7 Å². The van der Waals surface area contributed by atoms with E-state index in [9.17, 15) is 5.11 Å². The topological polar surface area (TPSA) is 113 Å². The standard InChI is InChI=1S/C32H32N4O5/c33-31-35-22-34-28-16-26(17-36(28)31)32(37)30(40-20-25-14-8-3-9-15-25)29(39-19-24-12-6-2-7-13-24)27(41-32)21-38-18-23-10-4-1-5-11-23/h1-17,22,27,29-30,37H,18-21H2,(H2,33,34,35)/t27-,29-,30-,32+/m1/s1. The van der Waals surface area contributed by atoms with Crippen molar-refractivity contribution in [3.8, 4) is 0 Å². The number of hydrogen-bond donors (Lipinski definition) is 2. The Labute approximate surface area is 238 Å². The van der Waals surface area contributed by atoms with E-state index < -0.39 is 24.1 Å². The van der Waals surface area contributed by atoms with Crippen LogP contribution in [0.15, 0.2) is 110 Å². The van der Waals surface area contributed by atoms with Crippen LogP contribution < -0.4 is 5.73 Å². The third-order valence-corrected chi connectivity index (χ3v) is 7.17. The Balaban J connectivity index is 1.32. The molecule has 0 spiro atoms. The molecule has 2 aromatic heterocycles. The zero-order valence-electron chi connectivity index (χ0n) is 22.5. The Morgan fingerprint density at radius 3 is 2.00 bits per heavy atom. The fourth-order valence-electron chi connectivity index (χ4n) is 5.08. The maximum atomic E-state index is 12.3. The molecule has 0 aliphatic carbocycles. The molecule has 4 atom stereocenters. The number of nitrogen functional groups attached to an aromatic ring is 1. The summed E-state index contributed by atoms with van der Waals surface area (Å²) in [6.07, 6.45) is 0.850. The highest BCUT2D eigenvalue weighted by molar-refractivity contribution is 5.48. The molecule has 3 N–H and O–H groups in total. The van der Waals surface area contributed by atoms with Crippen molar-refractivity contribution in [2.75, 3.05) is 12.3 Å². The predicted octanol–water partition coefficient (Wildman–Crippen LogP) is 4.24. The molecule has 5 aromatic rings. The number of benzene rings is 3. The fraction of sp³-hybridized carbons (Fsp3) is 0.250. The van der Waals surface area contributed by atoms with E-state index in [1.807, 2.05) is 91.0 Å². The van der Waals surface area contributed by atoms with Crippen LogP contribution in [-0.2, 0) is 44.6 Å². The zero-order chi connectivity index (χ0) is 28.1. The van der Waals surface area contributed by atoms with Crippen LogP contribution in [0.1, 0.15) is 22.3 Å². The van der Waals surface area contributed by atoms with Crippen molar-refractivity contribution in [1.29, 1.82) is 0 Å². The minimum Gasteiger partial charge on any atom is -0.374 e. The van der Waals surface area contributed by atoms with E-state index >= 15 is 0 Å². The summed E-state index contributed by atoms with van der Waals surface area (Å²) < 4.78 is 27.0. The Bertz CT molecular complexity index is 1550. The smallest absolute Gasteiger partial charge is 0.224 e. The van der Waals surface area contributed by atoms with Crippen molar-refractivity contribution in [1.82, 2.24) is 14.4 Å². The van der Waals surface area contributed by atoms with Gasteiger partial charge < -0.3 is 29.8 Å². The largest absolute Gasteiger partial charge is 0.374 e. The number of ether oxygens (including phenoxy) is 4. The average molecular weight is 553 g/mol. The molecule has 3 aromatic carbocycles. The van der Waals surface area contributed by atoms with Crippen molar-refractivity contribution in [3.05, 3.63) is 132 Å².